The molecule has 2 heteroatoms. The highest BCUT2D eigenvalue weighted by Crippen LogP contribution is 2.30. The molecule has 2 aromatic rings. The van der Waals surface area contributed by atoms with Crippen LogP contribution in [0.4, 0.5) is 4.39 Å². The standard InChI is InChI=1S/C23H32FN/c1-4-17-25(3)18-7-5-6-8-23(20-11-9-19(2)10-12-20)21-13-15-22(24)16-14-21/h9-16,23H,4-8,17-18H2,1-3H3. The summed E-state index contributed by atoms with van der Waals surface area (Å²) >= 11 is 0. The topological polar surface area (TPSA) is 3.24 Å². The second-order valence-corrected chi connectivity index (χ2v) is 7.17. The molecule has 0 N–H and O–H groups in total. The van der Waals surface area contributed by atoms with E-state index in [9.17, 15) is 4.39 Å². The molecule has 0 bridgehead atoms. The van der Waals surface area contributed by atoms with Crippen molar-refractivity contribution in [2.45, 2.75) is 51.9 Å². The molecule has 0 saturated heterocycles. The summed E-state index contributed by atoms with van der Waals surface area (Å²) in [5.41, 5.74) is 3.83. The molecule has 2 rings (SSSR count). The molecule has 0 aromatic heterocycles. The van der Waals surface area contributed by atoms with Crippen molar-refractivity contribution in [2.75, 3.05) is 20.1 Å². The van der Waals surface area contributed by atoms with E-state index in [1.807, 2.05) is 12.1 Å². The van der Waals surface area contributed by atoms with Gasteiger partial charge in [-0.25, -0.2) is 4.39 Å². The van der Waals surface area contributed by atoms with E-state index in [4.69, 9.17) is 0 Å². The first-order chi connectivity index (χ1) is 12.1. The lowest BCUT2D eigenvalue weighted by Gasteiger charge is -2.19. The van der Waals surface area contributed by atoms with E-state index in [0.29, 0.717) is 5.92 Å². The molecule has 0 heterocycles. The van der Waals surface area contributed by atoms with Gasteiger partial charge in [0.15, 0.2) is 0 Å². The second-order valence-electron chi connectivity index (χ2n) is 7.17. The Morgan fingerprint density at radius 1 is 0.840 bits per heavy atom. The second kappa shape index (κ2) is 10.4. The third-order valence-corrected chi connectivity index (χ3v) is 4.89. The van der Waals surface area contributed by atoms with Gasteiger partial charge in [0.05, 0.1) is 0 Å². The van der Waals surface area contributed by atoms with Gasteiger partial charge in [-0.05, 0) is 69.6 Å². The van der Waals surface area contributed by atoms with Gasteiger partial charge in [0.1, 0.15) is 5.82 Å². The molecule has 2 aromatic carbocycles. The van der Waals surface area contributed by atoms with Gasteiger partial charge in [0.25, 0.3) is 0 Å². The lowest BCUT2D eigenvalue weighted by Crippen LogP contribution is -2.20. The van der Waals surface area contributed by atoms with Crippen LogP contribution in [0.3, 0.4) is 0 Å². The van der Waals surface area contributed by atoms with Gasteiger partial charge < -0.3 is 4.90 Å². The monoisotopic (exact) mass is 341 g/mol. The van der Waals surface area contributed by atoms with Crippen LogP contribution in [0.25, 0.3) is 0 Å². The Morgan fingerprint density at radius 2 is 1.44 bits per heavy atom. The van der Waals surface area contributed by atoms with Crippen LogP contribution in [0.5, 0.6) is 0 Å². The first-order valence-corrected chi connectivity index (χ1v) is 9.60. The molecule has 0 spiro atoms. The van der Waals surface area contributed by atoms with Crippen molar-refractivity contribution in [2.24, 2.45) is 0 Å². The van der Waals surface area contributed by atoms with Crippen LogP contribution >= 0.6 is 0 Å². The molecule has 0 saturated carbocycles. The molecule has 0 aliphatic rings. The molecule has 1 unspecified atom stereocenters. The molecule has 0 fully saturated rings. The summed E-state index contributed by atoms with van der Waals surface area (Å²) in [4.78, 5) is 2.41. The summed E-state index contributed by atoms with van der Waals surface area (Å²) in [5, 5.41) is 0. The van der Waals surface area contributed by atoms with Gasteiger partial charge in [-0.2, -0.15) is 0 Å². The van der Waals surface area contributed by atoms with Crippen molar-refractivity contribution in [3.05, 3.63) is 71.0 Å². The van der Waals surface area contributed by atoms with E-state index in [1.54, 1.807) is 12.1 Å². The minimum absolute atomic E-state index is 0.162. The summed E-state index contributed by atoms with van der Waals surface area (Å²) in [7, 11) is 2.21. The van der Waals surface area contributed by atoms with E-state index in [0.717, 1.165) is 6.42 Å². The summed E-state index contributed by atoms with van der Waals surface area (Å²) in [6.45, 7) is 6.70. The number of rotatable bonds is 10. The Morgan fingerprint density at radius 3 is 2.04 bits per heavy atom. The van der Waals surface area contributed by atoms with Crippen LogP contribution in [0.2, 0.25) is 0 Å². The quantitative estimate of drug-likeness (QED) is 0.467. The molecule has 0 radical (unpaired) electrons. The van der Waals surface area contributed by atoms with Crippen molar-refractivity contribution in [1.82, 2.24) is 4.90 Å². The largest absolute Gasteiger partial charge is 0.306 e. The smallest absolute Gasteiger partial charge is 0.123 e. The van der Waals surface area contributed by atoms with Crippen LogP contribution < -0.4 is 0 Å². The molecule has 0 aliphatic carbocycles. The molecule has 1 nitrogen and oxygen atoms in total. The van der Waals surface area contributed by atoms with E-state index in [2.05, 4.69) is 50.1 Å². The minimum Gasteiger partial charge on any atom is -0.306 e. The summed E-state index contributed by atoms with van der Waals surface area (Å²) in [6, 6.07) is 15.8. The zero-order valence-corrected chi connectivity index (χ0v) is 16.0. The Hall–Kier alpha value is -1.67. The van der Waals surface area contributed by atoms with E-state index in [1.165, 1.54) is 55.5 Å². The molecular formula is C23H32FN. The Labute approximate surface area is 152 Å². The highest BCUT2D eigenvalue weighted by molar-refractivity contribution is 5.34. The fourth-order valence-corrected chi connectivity index (χ4v) is 3.42. The summed E-state index contributed by atoms with van der Waals surface area (Å²) in [6.07, 6.45) is 6.04. The van der Waals surface area contributed by atoms with Crippen LogP contribution in [-0.2, 0) is 0 Å². The number of unbranched alkanes of at least 4 members (excludes halogenated alkanes) is 2. The minimum atomic E-state index is -0.162. The van der Waals surface area contributed by atoms with E-state index in [-0.39, 0.29) is 5.82 Å². The molecule has 0 aliphatic heterocycles. The van der Waals surface area contributed by atoms with Crippen molar-refractivity contribution >= 4 is 0 Å². The molecular weight excluding hydrogens is 309 g/mol. The normalized spacial score (nSPS) is 12.5. The SMILES string of the molecule is CCCN(C)CCCCCC(c1ccc(C)cc1)c1ccc(F)cc1. The number of hydrogen-bond donors (Lipinski definition) is 0. The lowest BCUT2D eigenvalue weighted by atomic mass is 9.86. The fourth-order valence-electron chi connectivity index (χ4n) is 3.42. The van der Waals surface area contributed by atoms with E-state index < -0.39 is 0 Å². The zero-order chi connectivity index (χ0) is 18.1. The Kier molecular flexibility index (Phi) is 8.14. The van der Waals surface area contributed by atoms with Crippen LogP contribution in [0.15, 0.2) is 48.5 Å². The van der Waals surface area contributed by atoms with Crippen LogP contribution in [0.1, 0.15) is 61.6 Å². The first kappa shape index (κ1) is 19.7. The number of nitrogens with zero attached hydrogens (tertiary/aromatic N) is 1. The number of aryl methyl sites for hydroxylation is 1. The van der Waals surface area contributed by atoms with E-state index >= 15 is 0 Å². The fraction of sp³-hybridized carbons (Fsp3) is 0.478. The number of hydrogen-bond acceptors (Lipinski definition) is 1. The predicted molar refractivity (Wildman–Crippen MR) is 106 cm³/mol. The Balaban J connectivity index is 1.95. The number of benzene rings is 2. The molecule has 136 valence electrons. The average Bonchev–Trinajstić information content (AvgIpc) is 2.60. The van der Waals surface area contributed by atoms with Crippen molar-refractivity contribution < 1.29 is 4.39 Å². The lowest BCUT2D eigenvalue weighted by molar-refractivity contribution is 0.324. The van der Waals surface area contributed by atoms with Crippen LogP contribution in [0, 0.1) is 12.7 Å². The third-order valence-electron chi connectivity index (χ3n) is 4.89. The molecule has 0 amide bonds. The van der Waals surface area contributed by atoms with Gasteiger partial charge in [0.2, 0.25) is 0 Å². The van der Waals surface area contributed by atoms with Gasteiger partial charge >= 0.3 is 0 Å². The predicted octanol–water partition coefficient (Wildman–Crippen LogP) is 6.17. The summed E-state index contributed by atoms with van der Waals surface area (Å²) < 4.78 is 13.3. The highest BCUT2D eigenvalue weighted by atomic mass is 19.1. The molecule has 1 atom stereocenters. The third kappa shape index (κ3) is 6.62. The van der Waals surface area contributed by atoms with Gasteiger partial charge in [-0.15, -0.1) is 0 Å². The Bertz CT molecular complexity index is 557. The number of halogens is 1. The zero-order valence-electron chi connectivity index (χ0n) is 16.0. The van der Waals surface area contributed by atoms with Crippen molar-refractivity contribution in [1.29, 1.82) is 0 Å². The highest BCUT2D eigenvalue weighted by Gasteiger charge is 2.14. The maximum atomic E-state index is 13.3. The van der Waals surface area contributed by atoms with Crippen molar-refractivity contribution in [3.8, 4) is 0 Å². The maximum absolute atomic E-state index is 13.3. The first-order valence-electron chi connectivity index (χ1n) is 9.60. The van der Waals surface area contributed by atoms with Gasteiger partial charge in [-0.1, -0.05) is 61.7 Å². The maximum Gasteiger partial charge on any atom is 0.123 e. The van der Waals surface area contributed by atoms with Gasteiger partial charge in [-0.3, -0.25) is 0 Å². The summed E-state index contributed by atoms with van der Waals surface area (Å²) in [5.74, 6) is 0.194. The average molecular weight is 342 g/mol. The van der Waals surface area contributed by atoms with Crippen molar-refractivity contribution in [3.63, 3.8) is 0 Å². The van der Waals surface area contributed by atoms with Gasteiger partial charge in [0, 0.05) is 5.92 Å². The van der Waals surface area contributed by atoms with Crippen LogP contribution in [-0.4, -0.2) is 25.0 Å². The molecule has 25 heavy (non-hydrogen) atoms.